The Morgan fingerprint density at radius 1 is 1.06 bits per heavy atom. The second-order valence-corrected chi connectivity index (χ2v) is 10.8. The maximum absolute atomic E-state index is 12.5. The first-order valence-corrected chi connectivity index (χ1v) is 13.1. The van der Waals surface area contributed by atoms with E-state index in [4.69, 9.17) is 11.6 Å². The SMILES string of the molecule is O=C(CCCC1CC2CCCC(C1)C2)NCC(=O)N1CCN(Cc2cc(Cl)ccc2O)CC1. The first-order chi connectivity index (χ1) is 16.0. The highest BCUT2D eigenvalue weighted by Gasteiger charge is 2.31. The third kappa shape index (κ3) is 7.10. The number of piperazine rings is 1. The molecule has 0 aromatic heterocycles. The van der Waals surface area contributed by atoms with Crippen LogP contribution in [0.25, 0.3) is 0 Å². The summed E-state index contributed by atoms with van der Waals surface area (Å²) in [5, 5.41) is 13.4. The number of amides is 2. The Labute approximate surface area is 202 Å². The van der Waals surface area contributed by atoms with Crippen LogP contribution in [0.15, 0.2) is 18.2 Å². The summed E-state index contributed by atoms with van der Waals surface area (Å²) in [6.45, 7) is 3.40. The molecule has 2 unspecified atom stereocenters. The van der Waals surface area contributed by atoms with E-state index in [0.717, 1.165) is 49.2 Å². The number of benzene rings is 1. The van der Waals surface area contributed by atoms with E-state index in [1.54, 1.807) is 18.2 Å². The van der Waals surface area contributed by atoms with Crippen LogP contribution < -0.4 is 5.32 Å². The van der Waals surface area contributed by atoms with Gasteiger partial charge in [0, 0.05) is 49.7 Å². The van der Waals surface area contributed by atoms with E-state index in [-0.39, 0.29) is 24.1 Å². The Bertz CT molecular complexity index is 813. The molecule has 4 rings (SSSR count). The molecule has 182 valence electrons. The number of phenolic OH excluding ortho intramolecular Hbond substituents is 1. The second-order valence-electron chi connectivity index (χ2n) is 10.3. The summed E-state index contributed by atoms with van der Waals surface area (Å²) in [7, 11) is 0. The van der Waals surface area contributed by atoms with E-state index in [1.807, 2.05) is 4.90 Å². The molecule has 0 radical (unpaired) electrons. The minimum absolute atomic E-state index is 0.00517. The van der Waals surface area contributed by atoms with Gasteiger partial charge in [0.2, 0.25) is 11.8 Å². The predicted octanol–water partition coefficient (Wildman–Crippen LogP) is 4.19. The number of nitrogens with zero attached hydrogens (tertiary/aromatic N) is 2. The zero-order valence-corrected chi connectivity index (χ0v) is 20.4. The van der Waals surface area contributed by atoms with Crippen LogP contribution in [0.4, 0.5) is 0 Å². The molecule has 1 heterocycles. The fraction of sp³-hybridized carbons (Fsp3) is 0.692. The molecule has 2 aliphatic carbocycles. The van der Waals surface area contributed by atoms with Gasteiger partial charge in [0.15, 0.2) is 0 Å². The number of hydrogen-bond acceptors (Lipinski definition) is 4. The zero-order chi connectivity index (χ0) is 23.2. The monoisotopic (exact) mass is 475 g/mol. The van der Waals surface area contributed by atoms with Crippen molar-refractivity contribution in [2.45, 2.75) is 64.3 Å². The molecule has 7 heteroatoms. The van der Waals surface area contributed by atoms with Crippen molar-refractivity contribution < 1.29 is 14.7 Å². The van der Waals surface area contributed by atoms with Gasteiger partial charge in [0.05, 0.1) is 6.54 Å². The highest BCUT2D eigenvalue weighted by atomic mass is 35.5. The van der Waals surface area contributed by atoms with Crippen LogP contribution in [-0.2, 0) is 16.1 Å². The molecular weight excluding hydrogens is 438 g/mol. The number of nitrogens with one attached hydrogen (secondary N) is 1. The molecule has 33 heavy (non-hydrogen) atoms. The number of fused-ring (bicyclic) bond motifs is 2. The van der Waals surface area contributed by atoms with E-state index in [0.29, 0.717) is 31.1 Å². The van der Waals surface area contributed by atoms with Crippen LogP contribution in [0.3, 0.4) is 0 Å². The van der Waals surface area contributed by atoms with E-state index in [1.165, 1.54) is 38.5 Å². The van der Waals surface area contributed by atoms with Crippen molar-refractivity contribution in [1.29, 1.82) is 0 Å². The molecule has 0 spiro atoms. The molecule has 1 aliphatic heterocycles. The number of phenols is 1. The van der Waals surface area contributed by atoms with E-state index >= 15 is 0 Å². The van der Waals surface area contributed by atoms with Crippen molar-refractivity contribution in [2.24, 2.45) is 17.8 Å². The average molecular weight is 476 g/mol. The number of carbonyl (C=O) groups excluding carboxylic acids is 2. The fourth-order valence-electron chi connectivity index (χ4n) is 6.11. The first kappa shape index (κ1) is 24.3. The van der Waals surface area contributed by atoms with Crippen molar-refractivity contribution in [1.82, 2.24) is 15.1 Å². The first-order valence-electron chi connectivity index (χ1n) is 12.7. The van der Waals surface area contributed by atoms with E-state index in [2.05, 4.69) is 10.2 Å². The summed E-state index contributed by atoms with van der Waals surface area (Å²) in [4.78, 5) is 28.8. The van der Waals surface area contributed by atoms with E-state index < -0.39 is 0 Å². The Hall–Kier alpha value is -1.79. The lowest BCUT2D eigenvalue weighted by Gasteiger charge is -2.39. The van der Waals surface area contributed by atoms with Crippen molar-refractivity contribution in [2.75, 3.05) is 32.7 Å². The van der Waals surface area contributed by atoms with Gasteiger partial charge in [0.1, 0.15) is 5.75 Å². The van der Waals surface area contributed by atoms with Gasteiger partial charge in [-0.25, -0.2) is 0 Å². The Morgan fingerprint density at radius 3 is 2.52 bits per heavy atom. The Morgan fingerprint density at radius 2 is 1.79 bits per heavy atom. The van der Waals surface area contributed by atoms with E-state index in [9.17, 15) is 14.7 Å². The molecule has 1 aromatic rings. The summed E-state index contributed by atoms with van der Waals surface area (Å²) in [6.07, 6.45) is 11.0. The van der Waals surface area contributed by atoms with Crippen LogP contribution in [0, 0.1) is 17.8 Å². The molecule has 3 fully saturated rings. The predicted molar refractivity (Wildman–Crippen MR) is 130 cm³/mol. The van der Waals surface area contributed by atoms with Crippen LogP contribution in [-0.4, -0.2) is 59.4 Å². The van der Waals surface area contributed by atoms with Gasteiger partial charge in [-0.3, -0.25) is 14.5 Å². The third-order valence-corrected chi connectivity index (χ3v) is 8.07. The quantitative estimate of drug-likeness (QED) is 0.591. The minimum Gasteiger partial charge on any atom is -0.508 e. The standard InChI is InChI=1S/C26H38ClN3O3/c27-23-7-8-24(31)22(16-23)18-29-9-11-30(12-10-29)26(33)17-28-25(32)6-2-5-21-14-19-3-1-4-20(13-19)15-21/h7-8,16,19-21,31H,1-6,9-15,17-18H2,(H,28,32). The minimum atomic E-state index is -0.0197. The summed E-state index contributed by atoms with van der Waals surface area (Å²) in [5.41, 5.74) is 0.797. The zero-order valence-electron chi connectivity index (χ0n) is 19.6. The smallest absolute Gasteiger partial charge is 0.242 e. The van der Waals surface area contributed by atoms with Gasteiger partial charge < -0.3 is 15.3 Å². The van der Waals surface area contributed by atoms with Gasteiger partial charge in [0.25, 0.3) is 0 Å². The molecule has 2 bridgehead atoms. The normalized spacial score (nSPS) is 25.6. The summed E-state index contributed by atoms with van der Waals surface area (Å²) < 4.78 is 0. The lowest BCUT2D eigenvalue weighted by molar-refractivity contribution is -0.134. The molecule has 2 saturated carbocycles. The largest absolute Gasteiger partial charge is 0.508 e. The van der Waals surface area contributed by atoms with Gasteiger partial charge >= 0.3 is 0 Å². The number of halogens is 1. The van der Waals surface area contributed by atoms with Gasteiger partial charge in [-0.2, -0.15) is 0 Å². The van der Waals surface area contributed by atoms with Gasteiger partial charge in [-0.1, -0.05) is 30.9 Å². The maximum Gasteiger partial charge on any atom is 0.242 e. The number of aromatic hydroxyl groups is 1. The maximum atomic E-state index is 12.5. The highest BCUT2D eigenvalue weighted by molar-refractivity contribution is 6.30. The number of carbonyl (C=O) groups is 2. The number of rotatable bonds is 8. The Balaban J connectivity index is 1.10. The third-order valence-electron chi connectivity index (χ3n) is 7.84. The number of hydrogen-bond donors (Lipinski definition) is 2. The van der Waals surface area contributed by atoms with Crippen LogP contribution in [0.1, 0.15) is 63.4 Å². The van der Waals surface area contributed by atoms with Crippen molar-refractivity contribution in [3.63, 3.8) is 0 Å². The average Bonchev–Trinajstić information content (AvgIpc) is 2.80. The van der Waals surface area contributed by atoms with Gasteiger partial charge in [-0.15, -0.1) is 0 Å². The lowest BCUT2D eigenvalue weighted by atomic mass is 9.67. The second kappa shape index (κ2) is 11.6. The van der Waals surface area contributed by atoms with Crippen LogP contribution >= 0.6 is 11.6 Å². The molecule has 1 aromatic carbocycles. The van der Waals surface area contributed by atoms with Crippen LogP contribution in [0.2, 0.25) is 5.02 Å². The van der Waals surface area contributed by atoms with Gasteiger partial charge in [-0.05, 0) is 68.1 Å². The summed E-state index contributed by atoms with van der Waals surface area (Å²) in [5.74, 6) is 2.89. The molecule has 2 atom stereocenters. The molecule has 1 saturated heterocycles. The molecule has 2 N–H and O–H groups in total. The molecule has 3 aliphatic rings. The lowest BCUT2D eigenvalue weighted by Crippen LogP contribution is -2.50. The van der Waals surface area contributed by atoms with Crippen molar-refractivity contribution >= 4 is 23.4 Å². The summed E-state index contributed by atoms with van der Waals surface area (Å²) >= 11 is 6.03. The van der Waals surface area contributed by atoms with Crippen LogP contribution in [0.5, 0.6) is 5.75 Å². The highest BCUT2D eigenvalue weighted by Crippen LogP contribution is 2.43. The Kier molecular flexibility index (Phi) is 8.53. The van der Waals surface area contributed by atoms with Crippen molar-refractivity contribution in [3.05, 3.63) is 28.8 Å². The molecule has 2 amide bonds. The van der Waals surface area contributed by atoms with Crippen molar-refractivity contribution in [3.8, 4) is 5.75 Å². The molecular formula is C26H38ClN3O3. The molecule has 6 nitrogen and oxygen atoms in total. The summed E-state index contributed by atoms with van der Waals surface area (Å²) in [6, 6.07) is 5.07. The fourth-order valence-corrected chi connectivity index (χ4v) is 6.30. The topological polar surface area (TPSA) is 72.9 Å².